The molecular formula is C18H19F2N5O4. The van der Waals surface area contributed by atoms with Crippen molar-refractivity contribution in [3.05, 3.63) is 24.4 Å². The lowest BCUT2D eigenvalue weighted by Gasteiger charge is -2.14. The van der Waals surface area contributed by atoms with E-state index in [1.54, 1.807) is 29.7 Å². The van der Waals surface area contributed by atoms with E-state index in [1.807, 2.05) is 0 Å². The molecule has 0 saturated heterocycles. The van der Waals surface area contributed by atoms with E-state index in [1.165, 1.54) is 6.20 Å². The summed E-state index contributed by atoms with van der Waals surface area (Å²) in [4.78, 5) is 27.3. The Bertz CT molecular complexity index is 977. The minimum atomic E-state index is -2.88. The highest BCUT2D eigenvalue weighted by Crippen LogP contribution is 2.41. The molecule has 1 aliphatic carbocycles. The third-order valence-electron chi connectivity index (χ3n) is 4.69. The second-order valence-corrected chi connectivity index (χ2v) is 6.98. The highest BCUT2D eigenvalue weighted by molar-refractivity contribution is 5.83. The number of imidazole rings is 1. The zero-order valence-corrected chi connectivity index (χ0v) is 15.4. The normalized spacial score (nSPS) is 19.6. The summed E-state index contributed by atoms with van der Waals surface area (Å²) >= 11 is 0. The molecule has 2 amide bonds. The highest BCUT2D eigenvalue weighted by Gasteiger charge is 2.58. The summed E-state index contributed by atoms with van der Waals surface area (Å²) in [5.74, 6) is -2.33. The third kappa shape index (κ3) is 3.93. The number of fused-ring (bicyclic) bond motifs is 3. The van der Waals surface area contributed by atoms with Crippen molar-refractivity contribution >= 4 is 17.7 Å². The lowest BCUT2D eigenvalue weighted by molar-refractivity contribution is -0.118. The number of nitrogens with two attached hydrogens (primary N) is 1. The number of aromatic nitrogens is 2. The lowest BCUT2D eigenvalue weighted by Crippen LogP contribution is -2.32. The summed E-state index contributed by atoms with van der Waals surface area (Å²) < 4.78 is 38.4. The van der Waals surface area contributed by atoms with Crippen LogP contribution in [0.4, 0.5) is 19.3 Å². The molecule has 1 unspecified atom stereocenters. The number of nitrogens with zero attached hydrogens (tertiary/aromatic N) is 2. The third-order valence-corrected chi connectivity index (χ3v) is 4.69. The van der Waals surface area contributed by atoms with Crippen LogP contribution in [0.15, 0.2) is 24.4 Å². The molecule has 4 rings (SSSR count). The van der Waals surface area contributed by atoms with Gasteiger partial charge in [0.25, 0.3) is 5.92 Å². The molecule has 29 heavy (non-hydrogen) atoms. The standard InChI is InChI=1S/C18H19F2N5O4/c1-9(15(21)26)22-10-2-3-11-12(6-10)28-5-4-25-8-14(24-16(11)25)29-17(27)23-13-7-18(13,19)20/h2-3,6,8-9,13,22H,4-5,7H2,1H3,(H2,21,26)(H,23,27)/t9?,13-/m0/s1. The second kappa shape index (κ2) is 6.90. The summed E-state index contributed by atoms with van der Waals surface area (Å²) in [5, 5.41) is 5.09. The van der Waals surface area contributed by atoms with Gasteiger partial charge in [-0.3, -0.25) is 4.79 Å². The molecule has 1 aromatic carbocycles. The average Bonchev–Trinajstić information content (AvgIpc) is 3.10. The second-order valence-electron chi connectivity index (χ2n) is 6.98. The highest BCUT2D eigenvalue weighted by atomic mass is 19.3. The first-order valence-corrected chi connectivity index (χ1v) is 8.99. The van der Waals surface area contributed by atoms with Crippen molar-refractivity contribution in [3.63, 3.8) is 0 Å². The van der Waals surface area contributed by atoms with Crippen LogP contribution in [0.25, 0.3) is 11.4 Å². The molecule has 2 aromatic rings. The van der Waals surface area contributed by atoms with Gasteiger partial charge >= 0.3 is 6.09 Å². The molecule has 1 saturated carbocycles. The van der Waals surface area contributed by atoms with Crippen molar-refractivity contribution in [3.8, 4) is 23.0 Å². The van der Waals surface area contributed by atoms with Gasteiger partial charge in [-0.25, -0.2) is 13.6 Å². The molecular weight excluding hydrogens is 388 g/mol. The predicted molar refractivity (Wildman–Crippen MR) is 97.9 cm³/mol. The van der Waals surface area contributed by atoms with Crippen molar-refractivity contribution < 1.29 is 27.8 Å². The monoisotopic (exact) mass is 407 g/mol. The number of hydrogen-bond donors (Lipinski definition) is 3. The number of alkyl halides is 2. The van der Waals surface area contributed by atoms with Gasteiger partial charge in [-0.1, -0.05) is 0 Å². The van der Waals surface area contributed by atoms with Crippen molar-refractivity contribution in [1.29, 1.82) is 0 Å². The molecule has 2 atom stereocenters. The van der Waals surface area contributed by atoms with Crippen LogP contribution >= 0.6 is 0 Å². The van der Waals surface area contributed by atoms with Gasteiger partial charge in [0.1, 0.15) is 30.3 Å². The number of hydrogen-bond acceptors (Lipinski definition) is 6. The zero-order chi connectivity index (χ0) is 20.8. The summed E-state index contributed by atoms with van der Waals surface area (Å²) in [6.45, 7) is 2.43. The van der Waals surface area contributed by atoms with Crippen molar-refractivity contribution in [2.24, 2.45) is 5.73 Å². The fourth-order valence-corrected chi connectivity index (χ4v) is 2.95. The van der Waals surface area contributed by atoms with E-state index in [0.29, 0.717) is 36.0 Å². The average molecular weight is 407 g/mol. The number of amides is 2. The summed E-state index contributed by atoms with van der Waals surface area (Å²) in [5.41, 5.74) is 6.57. The number of rotatable bonds is 5. The van der Waals surface area contributed by atoms with E-state index in [0.717, 1.165) is 0 Å². The SMILES string of the molecule is CC(Nc1ccc2c(c1)OCCn1cc(OC(=O)N[C@H]3CC3(F)F)nc1-2)C(N)=O. The topological polar surface area (TPSA) is 120 Å². The number of anilines is 1. The van der Waals surface area contributed by atoms with E-state index in [4.69, 9.17) is 15.2 Å². The smallest absolute Gasteiger partial charge is 0.414 e. The van der Waals surface area contributed by atoms with Gasteiger partial charge in [-0.05, 0) is 19.1 Å². The Morgan fingerprint density at radius 1 is 1.45 bits per heavy atom. The predicted octanol–water partition coefficient (Wildman–Crippen LogP) is 1.72. The van der Waals surface area contributed by atoms with Crippen LogP contribution in [0.5, 0.6) is 11.6 Å². The van der Waals surface area contributed by atoms with E-state index in [9.17, 15) is 18.4 Å². The Kier molecular flexibility index (Phi) is 4.52. The number of ether oxygens (including phenoxy) is 2. The minimum Gasteiger partial charge on any atom is -0.491 e. The van der Waals surface area contributed by atoms with Gasteiger partial charge in [-0.2, -0.15) is 4.98 Å². The summed E-state index contributed by atoms with van der Waals surface area (Å²) in [6, 6.07) is 3.47. The molecule has 1 fully saturated rings. The first-order chi connectivity index (χ1) is 13.7. The Hall–Kier alpha value is -3.37. The van der Waals surface area contributed by atoms with E-state index in [-0.39, 0.29) is 5.88 Å². The quantitative estimate of drug-likeness (QED) is 0.694. The Balaban J connectivity index is 1.52. The molecule has 11 heteroatoms. The zero-order valence-electron chi connectivity index (χ0n) is 15.4. The van der Waals surface area contributed by atoms with Crippen LogP contribution in [-0.4, -0.2) is 46.2 Å². The summed E-state index contributed by atoms with van der Waals surface area (Å²) in [6.07, 6.45) is 0.147. The molecule has 2 aliphatic rings. The van der Waals surface area contributed by atoms with Gasteiger partial charge < -0.3 is 30.4 Å². The molecule has 0 spiro atoms. The number of primary amides is 1. The lowest BCUT2D eigenvalue weighted by atomic mass is 10.1. The van der Waals surface area contributed by atoms with E-state index in [2.05, 4.69) is 15.6 Å². The molecule has 1 aromatic heterocycles. The molecule has 0 bridgehead atoms. The Morgan fingerprint density at radius 2 is 2.21 bits per heavy atom. The first-order valence-electron chi connectivity index (χ1n) is 8.99. The molecule has 154 valence electrons. The van der Waals surface area contributed by atoms with Crippen LogP contribution < -0.4 is 25.8 Å². The van der Waals surface area contributed by atoms with Crippen LogP contribution in [0.2, 0.25) is 0 Å². The molecule has 1 aliphatic heterocycles. The van der Waals surface area contributed by atoms with Crippen LogP contribution in [0.3, 0.4) is 0 Å². The van der Waals surface area contributed by atoms with Crippen molar-refractivity contribution in [2.75, 3.05) is 11.9 Å². The fourth-order valence-electron chi connectivity index (χ4n) is 2.95. The van der Waals surface area contributed by atoms with Crippen molar-refractivity contribution in [1.82, 2.24) is 14.9 Å². The molecule has 0 radical (unpaired) electrons. The first kappa shape index (κ1) is 19.0. The van der Waals surface area contributed by atoms with Crippen LogP contribution in [-0.2, 0) is 11.3 Å². The largest absolute Gasteiger partial charge is 0.491 e. The summed E-state index contributed by atoms with van der Waals surface area (Å²) in [7, 11) is 0. The number of halogens is 2. The van der Waals surface area contributed by atoms with Gasteiger partial charge in [0, 0.05) is 18.2 Å². The molecule has 2 heterocycles. The van der Waals surface area contributed by atoms with Crippen LogP contribution in [0, 0.1) is 0 Å². The fraction of sp³-hybridized carbons (Fsp3) is 0.389. The maximum absolute atomic E-state index is 12.9. The molecule has 9 nitrogen and oxygen atoms in total. The van der Waals surface area contributed by atoms with Gasteiger partial charge in [0.15, 0.2) is 0 Å². The minimum absolute atomic E-state index is 0.00105. The number of carbonyl (C=O) groups is 2. The van der Waals surface area contributed by atoms with Crippen molar-refractivity contribution in [2.45, 2.75) is 37.9 Å². The maximum atomic E-state index is 12.9. The van der Waals surface area contributed by atoms with E-state index < -0.39 is 36.4 Å². The van der Waals surface area contributed by atoms with Gasteiger partial charge in [0.05, 0.1) is 18.3 Å². The molecule has 4 N–H and O–H groups in total. The number of benzene rings is 1. The Labute approximate surface area is 164 Å². The van der Waals surface area contributed by atoms with Gasteiger partial charge in [-0.15, -0.1) is 0 Å². The maximum Gasteiger partial charge on any atom is 0.414 e. The van der Waals surface area contributed by atoms with E-state index >= 15 is 0 Å². The number of nitrogens with one attached hydrogen (secondary N) is 2. The Morgan fingerprint density at radius 3 is 2.90 bits per heavy atom. The van der Waals surface area contributed by atoms with Crippen LogP contribution in [0.1, 0.15) is 13.3 Å². The van der Waals surface area contributed by atoms with Gasteiger partial charge in [0.2, 0.25) is 11.8 Å². The number of carbonyl (C=O) groups excluding carboxylic acids is 2.